The fraction of sp³-hybridized carbons (Fsp3) is 0.429. The number of nitrogens with one attached hydrogen (secondary N) is 1. The van der Waals surface area contributed by atoms with Crippen LogP contribution in [0.25, 0.3) is 11.3 Å². The van der Waals surface area contributed by atoms with Gasteiger partial charge < -0.3 is 4.98 Å². The molecule has 0 radical (unpaired) electrons. The van der Waals surface area contributed by atoms with Crippen LogP contribution in [0.4, 0.5) is 0 Å². The van der Waals surface area contributed by atoms with Gasteiger partial charge in [0.25, 0.3) is 5.56 Å². The largest absolute Gasteiger partial charge is 0.321 e. The van der Waals surface area contributed by atoms with Crippen molar-refractivity contribution >= 4 is 0 Å². The summed E-state index contributed by atoms with van der Waals surface area (Å²) < 4.78 is 0. The average molecular weight is 322 g/mol. The van der Waals surface area contributed by atoms with Crippen LogP contribution in [0.5, 0.6) is 0 Å². The van der Waals surface area contributed by atoms with Crippen molar-refractivity contribution in [2.75, 3.05) is 0 Å². The standard InChI is InChI=1S/C21H26N2O/c1-4-6-7-8-16(5-2)19-13-18(14-22)21(24)23-20(19)17-11-9-15(3)10-12-17/h9-13,16H,4-8H2,1-3H3,(H,23,24). The van der Waals surface area contributed by atoms with Gasteiger partial charge in [-0.3, -0.25) is 4.79 Å². The third-order valence-electron chi connectivity index (χ3n) is 4.62. The fourth-order valence-electron chi connectivity index (χ4n) is 3.13. The predicted octanol–water partition coefficient (Wildman–Crippen LogP) is 5.30. The number of pyridine rings is 1. The zero-order valence-corrected chi connectivity index (χ0v) is 14.9. The van der Waals surface area contributed by atoms with Crippen molar-refractivity contribution in [1.29, 1.82) is 5.26 Å². The number of benzene rings is 1. The number of nitriles is 1. The van der Waals surface area contributed by atoms with E-state index in [-0.39, 0.29) is 11.1 Å². The fourth-order valence-corrected chi connectivity index (χ4v) is 3.13. The van der Waals surface area contributed by atoms with Gasteiger partial charge in [-0.05, 0) is 42.9 Å². The van der Waals surface area contributed by atoms with E-state index in [4.69, 9.17) is 0 Å². The Kier molecular flexibility index (Phi) is 6.37. The van der Waals surface area contributed by atoms with Crippen molar-refractivity contribution in [3.63, 3.8) is 0 Å². The number of rotatable bonds is 7. The molecule has 3 nitrogen and oxygen atoms in total. The van der Waals surface area contributed by atoms with E-state index >= 15 is 0 Å². The van der Waals surface area contributed by atoms with Crippen molar-refractivity contribution in [1.82, 2.24) is 4.98 Å². The van der Waals surface area contributed by atoms with Gasteiger partial charge in [0.05, 0.1) is 5.69 Å². The minimum Gasteiger partial charge on any atom is -0.321 e. The number of nitrogens with zero attached hydrogens (tertiary/aromatic N) is 1. The Morgan fingerprint density at radius 2 is 1.88 bits per heavy atom. The maximum atomic E-state index is 12.2. The van der Waals surface area contributed by atoms with E-state index in [1.165, 1.54) is 24.8 Å². The van der Waals surface area contributed by atoms with Crippen LogP contribution in [0.15, 0.2) is 35.1 Å². The first kappa shape index (κ1) is 18.0. The zero-order valence-electron chi connectivity index (χ0n) is 14.9. The lowest BCUT2D eigenvalue weighted by Gasteiger charge is -2.19. The summed E-state index contributed by atoms with van der Waals surface area (Å²) in [5.41, 5.74) is 4.04. The highest BCUT2D eigenvalue weighted by Crippen LogP contribution is 2.33. The normalized spacial score (nSPS) is 11.9. The molecule has 0 spiro atoms. The van der Waals surface area contributed by atoms with Gasteiger partial charge in [-0.1, -0.05) is 62.9 Å². The highest BCUT2D eigenvalue weighted by molar-refractivity contribution is 5.65. The number of unbranched alkanes of at least 4 members (excludes halogenated alkanes) is 2. The summed E-state index contributed by atoms with van der Waals surface area (Å²) in [5.74, 6) is 0.358. The SMILES string of the molecule is CCCCCC(CC)c1cc(C#N)c(=O)[nH]c1-c1ccc(C)cc1. The van der Waals surface area contributed by atoms with E-state index in [9.17, 15) is 10.1 Å². The highest BCUT2D eigenvalue weighted by Gasteiger charge is 2.18. The molecule has 1 unspecified atom stereocenters. The first-order valence-corrected chi connectivity index (χ1v) is 8.85. The summed E-state index contributed by atoms with van der Waals surface area (Å²) in [6.07, 6.45) is 5.66. The molecule has 1 aromatic heterocycles. The Morgan fingerprint density at radius 3 is 2.46 bits per heavy atom. The summed E-state index contributed by atoms with van der Waals surface area (Å²) in [6.45, 7) is 6.42. The molecule has 0 saturated carbocycles. The quantitative estimate of drug-likeness (QED) is 0.704. The monoisotopic (exact) mass is 322 g/mol. The first-order valence-electron chi connectivity index (χ1n) is 8.85. The molecule has 1 N–H and O–H groups in total. The number of aryl methyl sites for hydroxylation is 1. The Balaban J connectivity index is 2.52. The molecule has 1 aromatic carbocycles. The second kappa shape index (κ2) is 8.49. The topological polar surface area (TPSA) is 56.6 Å². The summed E-state index contributed by atoms with van der Waals surface area (Å²) in [4.78, 5) is 15.1. The van der Waals surface area contributed by atoms with Gasteiger partial charge in [0.1, 0.15) is 11.6 Å². The van der Waals surface area contributed by atoms with E-state index < -0.39 is 0 Å². The molecule has 0 bridgehead atoms. The second-order valence-corrected chi connectivity index (χ2v) is 6.42. The van der Waals surface area contributed by atoms with Crippen molar-refractivity contribution in [3.05, 3.63) is 57.4 Å². The van der Waals surface area contributed by atoms with Crippen LogP contribution < -0.4 is 5.56 Å². The Morgan fingerprint density at radius 1 is 1.17 bits per heavy atom. The predicted molar refractivity (Wildman–Crippen MR) is 99.1 cm³/mol. The molecule has 0 saturated heterocycles. The molecular formula is C21H26N2O. The lowest BCUT2D eigenvalue weighted by Crippen LogP contribution is -2.15. The summed E-state index contributed by atoms with van der Waals surface area (Å²) in [5, 5.41) is 9.24. The van der Waals surface area contributed by atoms with E-state index in [2.05, 4.69) is 18.8 Å². The average Bonchev–Trinajstić information content (AvgIpc) is 2.60. The van der Waals surface area contributed by atoms with Gasteiger partial charge in [-0.2, -0.15) is 5.26 Å². The molecule has 0 aliphatic heterocycles. The molecule has 1 heterocycles. The molecule has 126 valence electrons. The maximum absolute atomic E-state index is 12.2. The van der Waals surface area contributed by atoms with Crippen LogP contribution in [0, 0.1) is 18.3 Å². The third-order valence-corrected chi connectivity index (χ3v) is 4.62. The smallest absolute Gasteiger partial charge is 0.266 e. The summed E-state index contributed by atoms with van der Waals surface area (Å²) in [7, 11) is 0. The van der Waals surface area contributed by atoms with Crippen molar-refractivity contribution in [2.24, 2.45) is 0 Å². The number of H-pyrrole nitrogens is 1. The molecule has 1 atom stereocenters. The molecule has 2 rings (SSSR count). The Hall–Kier alpha value is -2.34. The lowest BCUT2D eigenvalue weighted by molar-refractivity contribution is 0.553. The van der Waals surface area contributed by atoms with Crippen LogP contribution in [0.1, 0.15) is 68.6 Å². The van der Waals surface area contributed by atoms with E-state index in [1.54, 1.807) is 6.07 Å². The molecule has 2 aromatic rings. The number of aromatic amines is 1. The van der Waals surface area contributed by atoms with Crippen LogP contribution in [-0.4, -0.2) is 4.98 Å². The third kappa shape index (κ3) is 4.14. The Labute approximate surface area is 144 Å². The van der Waals surface area contributed by atoms with Gasteiger partial charge in [0, 0.05) is 0 Å². The summed E-state index contributed by atoms with van der Waals surface area (Å²) >= 11 is 0. The number of hydrogen-bond donors (Lipinski definition) is 1. The minimum absolute atomic E-state index is 0.204. The molecule has 0 fully saturated rings. The minimum atomic E-state index is -0.305. The summed E-state index contributed by atoms with van der Waals surface area (Å²) in [6, 6.07) is 12.0. The van der Waals surface area contributed by atoms with Gasteiger partial charge in [-0.25, -0.2) is 0 Å². The van der Waals surface area contributed by atoms with Gasteiger partial charge in [0.2, 0.25) is 0 Å². The van der Waals surface area contributed by atoms with Crippen LogP contribution in [0.2, 0.25) is 0 Å². The molecular weight excluding hydrogens is 296 g/mol. The highest BCUT2D eigenvalue weighted by atomic mass is 16.1. The van der Waals surface area contributed by atoms with Crippen LogP contribution >= 0.6 is 0 Å². The van der Waals surface area contributed by atoms with Crippen molar-refractivity contribution in [3.8, 4) is 17.3 Å². The molecule has 0 amide bonds. The van der Waals surface area contributed by atoms with Crippen LogP contribution in [0.3, 0.4) is 0 Å². The van der Waals surface area contributed by atoms with Crippen molar-refractivity contribution < 1.29 is 0 Å². The van der Waals surface area contributed by atoms with E-state index in [0.717, 1.165) is 29.7 Å². The van der Waals surface area contributed by atoms with E-state index in [0.29, 0.717) is 5.92 Å². The lowest BCUT2D eigenvalue weighted by atomic mass is 9.87. The number of hydrogen-bond acceptors (Lipinski definition) is 2. The van der Waals surface area contributed by atoms with Crippen molar-refractivity contribution in [2.45, 2.75) is 58.8 Å². The second-order valence-electron chi connectivity index (χ2n) is 6.42. The molecule has 24 heavy (non-hydrogen) atoms. The van der Waals surface area contributed by atoms with Gasteiger partial charge in [-0.15, -0.1) is 0 Å². The van der Waals surface area contributed by atoms with E-state index in [1.807, 2.05) is 37.3 Å². The molecule has 0 aliphatic carbocycles. The van der Waals surface area contributed by atoms with Crippen LogP contribution in [-0.2, 0) is 0 Å². The van der Waals surface area contributed by atoms with Gasteiger partial charge >= 0.3 is 0 Å². The molecule has 3 heteroatoms. The van der Waals surface area contributed by atoms with Gasteiger partial charge in [0.15, 0.2) is 0 Å². The Bertz CT molecular complexity index is 766. The number of aromatic nitrogens is 1. The maximum Gasteiger partial charge on any atom is 0.266 e. The molecule has 0 aliphatic rings. The zero-order chi connectivity index (χ0) is 17.5. The first-order chi connectivity index (χ1) is 11.6.